The predicted octanol–water partition coefficient (Wildman–Crippen LogP) is 7.06. The highest BCUT2D eigenvalue weighted by Gasteiger charge is 2.09. The summed E-state index contributed by atoms with van der Waals surface area (Å²) < 4.78 is 5.30. The molecule has 0 spiro atoms. The minimum atomic E-state index is -0.238. The second-order valence-corrected chi connectivity index (χ2v) is 8.36. The summed E-state index contributed by atoms with van der Waals surface area (Å²) in [4.78, 5) is 14.8. The Hall–Kier alpha value is -2.01. The Bertz CT molecular complexity index is 859. The van der Waals surface area contributed by atoms with Crippen LogP contribution in [0, 0.1) is 0 Å². The molecule has 0 heterocycles. The van der Waals surface area contributed by atoms with Gasteiger partial charge in [-0.15, -0.1) is 0 Å². The Labute approximate surface area is 196 Å². The number of ether oxygens (including phenoxy) is 1. The lowest BCUT2D eigenvalue weighted by molar-refractivity contribution is -0.111. The summed E-state index contributed by atoms with van der Waals surface area (Å²) >= 11 is 12.2. The van der Waals surface area contributed by atoms with Crippen molar-refractivity contribution in [3.8, 4) is 5.75 Å². The molecule has 0 atom stereocenters. The van der Waals surface area contributed by atoms with Gasteiger partial charge in [0.05, 0.1) is 12.1 Å². The minimum absolute atomic E-state index is 0.238. The van der Waals surface area contributed by atoms with Gasteiger partial charge in [-0.25, -0.2) is 0 Å². The smallest absolute Gasteiger partial charge is 0.248 e. The highest BCUT2D eigenvalue weighted by atomic mass is 35.5. The standard InChI is InChI=1S/C25H32Cl2N2O2/c1-4-6-14-29(15-7-5-2)18-19-8-11-22(12-9-19)28-24(30)13-10-20-16-21(26)17-23(27)25(20)31-3/h8-13,16-17H,4-7,14-15,18H2,1-3H3,(H,28,30). The molecule has 31 heavy (non-hydrogen) atoms. The first-order chi connectivity index (χ1) is 15.0. The van der Waals surface area contributed by atoms with Crippen molar-refractivity contribution in [2.75, 3.05) is 25.5 Å². The minimum Gasteiger partial charge on any atom is -0.495 e. The number of anilines is 1. The number of hydrogen-bond acceptors (Lipinski definition) is 3. The number of unbranched alkanes of at least 4 members (excludes halogenated alkanes) is 2. The van der Waals surface area contributed by atoms with Gasteiger partial charge in [-0.2, -0.15) is 0 Å². The zero-order chi connectivity index (χ0) is 22.6. The van der Waals surface area contributed by atoms with Crippen LogP contribution in [0.15, 0.2) is 42.5 Å². The van der Waals surface area contributed by atoms with Crippen molar-refractivity contribution in [3.05, 3.63) is 63.6 Å². The van der Waals surface area contributed by atoms with Crippen molar-refractivity contribution in [2.45, 2.75) is 46.1 Å². The summed E-state index contributed by atoms with van der Waals surface area (Å²) in [6, 6.07) is 11.3. The fourth-order valence-electron chi connectivity index (χ4n) is 3.25. The van der Waals surface area contributed by atoms with Crippen LogP contribution in [-0.2, 0) is 11.3 Å². The Morgan fingerprint density at radius 2 is 1.71 bits per heavy atom. The van der Waals surface area contributed by atoms with E-state index in [-0.39, 0.29) is 5.91 Å². The molecular weight excluding hydrogens is 431 g/mol. The number of nitrogens with zero attached hydrogens (tertiary/aromatic N) is 1. The number of methoxy groups -OCH3 is 1. The molecule has 6 heteroatoms. The maximum atomic E-state index is 12.3. The molecule has 168 valence electrons. The van der Waals surface area contributed by atoms with Gasteiger partial charge < -0.3 is 10.1 Å². The molecule has 0 saturated carbocycles. The lowest BCUT2D eigenvalue weighted by atomic mass is 10.1. The van der Waals surface area contributed by atoms with E-state index in [0.717, 1.165) is 25.3 Å². The van der Waals surface area contributed by atoms with E-state index < -0.39 is 0 Å². The molecule has 0 aliphatic rings. The zero-order valence-corrected chi connectivity index (χ0v) is 20.1. The predicted molar refractivity (Wildman–Crippen MR) is 132 cm³/mol. The zero-order valence-electron chi connectivity index (χ0n) is 18.6. The van der Waals surface area contributed by atoms with Crippen LogP contribution in [-0.4, -0.2) is 31.0 Å². The summed E-state index contributed by atoms with van der Waals surface area (Å²) in [6.07, 6.45) is 7.91. The molecule has 0 aromatic heterocycles. The lowest BCUT2D eigenvalue weighted by Gasteiger charge is -2.22. The molecule has 4 nitrogen and oxygen atoms in total. The summed E-state index contributed by atoms with van der Waals surface area (Å²) in [5, 5.41) is 3.76. The molecule has 0 aliphatic heterocycles. The number of halogens is 2. The fraction of sp³-hybridized carbons (Fsp3) is 0.400. The molecule has 1 amide bonds. The first-order valence-electron chi connectivity index (χ1n) is 10.8. The highest BCUT2D eigenvalue weighted by Crippen LogP contribution is 2.33. The van der Waals surface area contributed by atoms with Gasteiger partial charge in [-0.1, -0.05) is 62.0 Å². The highest BCUT2D eigenvalue weighted by molar-refractivity contribution is 6.36. The van der Waals surface area contributed by atoms with E-state index in [0.29, 0.717) is 21.4 Å². The normalized spacial score (nSPS) is 11.3. The van der Waals surface area contributed by atoms with Crippen LogP contribution in [0.1, 0.15) is 50.7 Å². The van der Waals surface area contributed by atoms with Gasteiger partial charge in [0, 0.05) is 28.9 Å². The van der Waals surface area contributed by atoms with E-state index in [1.54, 1.807) is 18.2 Å². The third kappa shape index (κ3) is 8.56. The second kappa shape index (κ2) is 13.4. The van der Waals surface area contributed by atoms with E-state index in [1.165, 1.54) is 44.4 Å². The van der Waals surface area contributed by atoms with Gasteiger partial charge in [0.15, 0.2) is 0 Å². The summed E-state index contributed by atoms with van der Waals surface area (Å²) in [7, 11) is 1.53. The Morgan fingerprint density at radius 1 is 1.06 bits per heavy atom. The first kappa shape index (κ1) is 25.3. The summed E-state index contributed by atoms with van der Waals surface area (Å²) in [5.74, 6) is 0.244. The maximum absolute atomic E-state index is 12.3. The fourth-order valence-corrected chi connectivity index (χ4v) is 3.84. The Morgan fingerprint density at radius 3 is 2.29 bits per heavy atom. The van der Waals surface area contributed by atoms with Crippen molar-refractivity contribution >= 4 is 40.9 Å². The van der Waals surface area contributed by atoms with E-state index in [9.17, 15) is 4.79 Å². The molecule has 0 radical (unpaired) electrons. The number of rotatable bonds is 12. The Balaban J connectivity index is 1.98. The average molecular weight is 463 g/mol. The second-order valence-electron chi connectivity index (χ2n) is 7.51. The van der Waals surface area contributed by atoms with E-state index in [2.05, 4.69) is 36.2 Å². The largest absolute Gasteiger partial charge is 0.495 e. The van der Waals surface area contributed by atoms with Crippen molar-refractivity contribution in [1.82, 2.24) is 4.90 Å². The van der Waals surface area contributed by atoms with Gasteiger partial charge in [0.25, 0.3) is 0 Å². The third-order valence-electron chi connectivity index (χ3n) is 4.94. The van der Waals surface area contributed by atoms with Gasteiger partial charge in [0.1, 0.15) is 5.75 Å². The number of amides is 1. The number of nitrogens with one attached hydrogen (secondary N) is 1. The van der Waals surface area contributed by atoms with Crippen molar-refractivity contribution in [3.63, 3.8) is 0 Å². The van der Waals surface area contributed by atoms with Crippen molar-refractivity contribution in [1.29, 1.82) is 0 Å². The molecule has 1 N–H and O–H groups in total. The molecule has 2 aromatic rings. The molecule has 2 rings (SSSR count). The van der Waals surface area contributed by atoms with Crippen LogP contribution in [0.3, 0.4) is 0 Å². The lowest BCUT2D eigenvalue weighted by Crippen LogP contribution is -2.25. The van der Waals surface area contributed by atoms with Gasteiger partial charge in [-0.3, -0.25) is 9.69 Å². The number of benzene rings is 2. The molecule has 2 aromatic carbocycles. The van der Waals surface area contributed by atoms with E-state index in [4.69, 9.17) is 27.9 Å². The Kier molecular flexibility index (Phi) is 10.9. The van der Waals surface area contributed by atoms with Gasteiger partial charge in [0.2, 0.25) is 5.91 Å². The summed E-state index contributed by atoms with van der Waals surface area (Å²) in [5.41, 5.74) is 2.65. The number of carbonyl (C=O) groups excluding carboxylic acids is 1. The van der Waals surface area contributed by atoms with Crippen molar-refractivity contribution in [2.24, 2.45) is 0 Å². The topological polar surface area (TPSA) is 41.6 Å². The average Bonchev–Trinajstić information content (AvgIpc) is 2.75. The van der Waals surface area contributed by atoms with Crippen LogP contribution >= 0.6 is 23.2 Å². The molecule has 0 aliphatic carbocycles. The van der Waals surface area contributed by atoms with Crippen LogP contribution < -0.4 is 10.1 Å². The first-order valence-corrected chi connectivity index (χ1v) is 11.6. The third-order valence-corrected chi connectivity index (χ3v) is 5.44. The van der Waals surface area contributed by atoms with Gasteiger partial charge in [-0.05, 0) is 61.8 Å². The molecular formula is C25H32Cl2N2O2. The van der Waals surface area contributed by atoms with E-state index >= 15 is 0 Å². The SMILES string of the molecule is CCCCN(CCCC)Cc1ccc(NC(=O)C=Cc2cc(Cl)cc(Cl)c2OC)cc1. The molecule has 0 unspecified atom stereocenters. The molecule has 0 saturated heterocycles. The van der Waals surface area contributed by atoms with Crippen LogP contribution in [0.2, 0.25) is 10.0 Å². The van der Waals surface area contributed by atoms with Crippen molar-refractivity contribution < 1.29 is 9.53 Å². The molecule has 0 bridgehead atoms. The number of carbonyl (C=O) groups is 1. The maximum Gasteiger partial charge on any atom is 0.248 e. The van der Waals surface area contributed by atoms with Crippen LogP contribution in [0.5, 0.6) is 5.75 Å². The van der Waals surface area contributed by atoms with Crippen LogP contribution in [0.25, 0.3) is 6.08 Å². The molecule has 0 fully saturated rings. The van der Waals surface area contributed by atoms with Gasteiger partial charge >= 0.3 is 0 Å². The summed E-state index contributed by atoms with van der Waals surface area (Å²) in [6.45, 7) is 7.62. The number of hydrogen-bond donors (Lipinski definition) is 1. The van der Waals surface area contributed by atoms with E-state index in [1.807, 2.05) is 12.1 Å². The quantitative estimate of drug-likeness (QED) is 0.343. The monoisotopic (exact) mass is 462 g/mol. The van der Waals surface area contributed by atoms with Crippen LogP contribution in [0.4, 0.5) is 5.69 Å².